The minimum atomic E-state index is -0.374. The lowest BCUT2D eigenvalue weighted by Crippen LogP contribution is -2.31. The average molecular weight is 375 g/mol. The number of aliphatic hydroxyl groups excluding tert-OH is 1. The van der Waals surface area contributed by atoms with Crippen LogP contribution in [-0.2, 0) is 11.3 Å². The number of aromatic hydroxyl groups is 1. The predicted molar refractivity (Wildman–Crippen MR) is 105 cm³/mol. The predicted octanol–water partition coefficient (Wildman–Crippen LogP) is 3.53. The van der Waals surface area contributed by atoms with Gasteiger partial charge in [-0.25, -0.2) is 4.98 Å². The van der Waals surface area contributed by atoms with E-state index in [0.29, 0.717) is 12.1 Å². The Morgan fingerprint density at radius 3 is 2.39 bits per heavy atom. The Morgan fingerprint density at radius 2 is 1.71 bits per heavy atom. The number of rotatable bonds is 6. The standard InChI is InChI=1S/C22H21N3O3/c26-18-9-7-16(8-10-18)19-20(17-5-2-1-3-6-17)25(22(28)21(19)27)13-4-12-24-14-11-23-15-24/h1-3,5-11,14-15,20,26-27H,4,12-13H2. The van der Waals surface area contributed by atoms with Crippen LogP contribution in [0, 0.1) is 0 Å². The van der Waals surface area contributed by atoms with E-state index in [4.69, 9.17) is 0 Å². The molecule has 0 saturated heterocycles. The molecule has 6 heteroatoms. The Morgan fingerprint density at radius 1 is 0.964 bits per heavy atom. The number of hydrogen-bond acceptors (Lipinski definition) is 4. The second-order valence-corrected chi connectivity index (χ2v) is 6.77. The van der Waals surface area contributed by atoms with E-state index in [1.165, 1.54) is 0 Å². The molecule has 4 rings (SSSR count). The van der Waals surface area contributed by atoms with Crippen LogP contribution in [0.2, 0.25) is 0 Å². The first-order valence-electron chi connectivity index (χ1n) is 9.19. The van der Waals surface area contributed by atoms with Crippen molar-refractivity contribution in [3.05, 3.63) is 90.2 Å². The maximum atomic E-state index is 12.9. The number of aliphatic hydroxyl groups is 1. The van der Waals surface area contributed by atoms with Crippen LogP contribution in [0.15, 0.2) is 79.1 Å². The molecule has 0 aliphatic carbocycles. The lowest BCUT2D eigenvalue weighted by Gasteiger charge is -2.27. The minimum absolute atomic E-state index is 0.140. The number of benzene rings is 2. The zero-order chi connectivity index (χ0) is 19.5. The van der Waals surface area contributed by atoms with Crippen LogP contribution in [0.5, 0.6) is 5.75 Å². The van der Waals surface area contributed by atoms with Crippen molar-refractivity contribution in [2.75, 3.05) is 6.54 Å². The molecular formula is C22H21N3O3. The maximum Gasteiger partial charge on any atom is 0.289 e. The molecule has 2 aromatic carbocycles. The van der Waals surface area contributed by atoms with Crippen LogP contribution in [0.4, 0.5) is 0 Å². The Labute approximate surface area is 163 Å². The third kappa shape index (κ3) is 3.36. The van der Waals surface area contributed by atoms with Crippen molar-refractivity contribution in [3.63, 3.8) is 0 Å². The van der Waals surface area contributed by atoms with Gasteiger partial charge in [-0.05, 0) is 29.7 Å². The van der Waals surface area contributed by atoms with Crippen LogP contribution in [-0.4, -0.2) is 37.1 Å². The summed E-state index contributed by atoms with van der Waals surface area (Å²) >= 11 is 0. The lowest BCUT2D eigenvalue weighted by atomic mass is 9.93. The van der Waals surface area contributed by atoms with Gasteiger partial charge in [-0.3, -0.25) is 4.79 Å². The molecule has 28 heavy (non-hydrogen) atoms. The van der Waals surface area contributed by atoms with Crippen molar-refractivity contribution < 1.29 is 15.0 Å². The van der Waals surface area contributed by atoms with E-state index in [1.807, 2.05) is 41.1 Å². The summed E-state index contributed by atoms with van der Waals surface area (Å²) in [5.41, 5.74) is 2.22. The SMILES string of the molecule is O=C1C(O)=C(c2ccc(O)cc2)C(c2ccccc2)N1CCCn1ccnc1. The van der Waals surface area contributed by atoms with Crippen molar-refractivity contribution in [2.24, 2.45) is 0 Å². The lowest BCUT2D eigenvalue weighted by molar-refractivity contribution is -0.129. The number of aromatic nitrogens is 2. The smallest absolute Gasteiger partial charge is 0.289 e. The van der Waals surface area contributed by atoms with E-state index < -0.39 is 0 Å². The summed E-state index contributed by atoms with van der Waals surface area (Å²) in [5, 5.41) is 20.3. The number of amides is 1. The molecular weight excluding hydrogens is 354 g/mol. The number of aryl methyl sites for hydroxylation is 1. The van der Waals surface area contributed by atoms with Crippen molar-refractivity contribution in [1.82, 2.24) is 14.5 Å². The highest BCUT2D eigenvalue weighted by atomic mass is 16.3. The second kappa shape index (κ2) is 7.60. The molecule has 0 fully saturated rings. The molecule has 6 nitrogen and oxygen atoms in total. The van der Waals surface area contributed by atoms with Crippen molar-refractivity contribution >= 4 is 11.5 Å². The molecule has 1 aliphatic rings. The molecule has 1 atom stereocenters. The quantitative estimate of drug-likeness (QED) is 0.691. The largest absolute Gasteiger partial charge is 0.508 e. The topological polar surface area (TPSA) is 78.6 Å². The number of phenols is 1. The van der Waals surface area contributed by atoms with Crippen LogP contribution < -0.4 is 0 Å². The Hall–Kier alpha value is -3.54. The number of phenolic OH excluding ortho intramolecular Hbond substituents is 1. The van der Waals surface area contributed by atoms with E-state index in [1.54, 1.807) is 41.7 Å². The van der Waals surface area contributed by atoms with Crippen LogP contribution in [0.3, 0.4) is 0 Å². The van der Waals surface area contributed by atoms with Gasteiger partial charge in [0.25, 0.3) is 5.91 Å². The molecule has 2 heterocycles. The summed E-state index contributed by atoms with van der Waals surface area (Å²) in [6.07, 6.45) is 6.10. The number of nitrogens with zero attached hydrogens (tertiary/aromatic N) is 3. The molecule has 142 valence electrons. The fourth-order valence-electron chi connectivity index (χ4n) is 3.64. The Kier molecular flexibility index (Phi) is 4.85. The molecule has 0 radical (unpaired) electrons. The van der Waals surface area contributed by atoms with Gasteiger partial charge in [-0.2, -0.15) is 0 Å². The molecule has 0 bridgehead atoms. The highest BCUT2D eigenvalue weighted by Crippen LogP contribution is 2.43. The molecule has 1 aromatic heterocycles. The van der Waals surface area contributed by atoms with Gasteiger partial charge in [0.15, 0.2) is 5.76 Å². The Balaban J connectivity index is 1.66. The first-order valence-corrected chi connectivity index (χ1v) is 9.19. The molecule has 0 saturated carbocycles. The van der Waals surface area contributed by atoms with E-state index in [0.717, 1.165) is 24.1 Å². The van der Waals surface area contributed by atoms with Crippen molar-refractivity contribution in [3.8, 4) is 5.75 Å². The van der Waals surface area contributed by atoms with E-state index in [2.05, 4.69) is 4.98 Å². The van der Waals surface area contributed by atoms with Crippen LogP contribution >= 0.6 is 0 Å². The van der Waals surface area contributed by atoms with Crippen molar-refractivity contribution in [2.45, 2.75) is 19.0 Å². The third-order valence-corrected chi connectivity index (χ3v) is 4.97. The fourth-order valence-corrected chi connectivity index (χ4v) is 3.64. The van der Waals surface area contributed by atoms with Crippen LogP contribution in [0.25, 0.3) is 5.57 Å². The number of imidazole rings is 1. The normalized spacial score (nSPS) is 16.8. The number of carbonyl (C=O) groups excluding carboxylic acids is 1. The van der Waals surface area contributed by atoms with Gasteiger partial charge in [0.2, 0.25) is 0 Å². The van der Waals surface area contributed by atoms with Gasteiger partial charge < -0.3 is 19.7 Å². The van der Waals surface area contributed by atoms with Gasteiger partial charge in [0.05, 0.1) is 12.4 Å². The summed E-state index contributed by atoms with van der Waals surface area (Å²) < 4.78 is 1.96. The van der Waals surface area contributed by atoms with Gasteiger partial charge in [0, 0.05) is 31.1 Å². The summed E-state index contributed by atoms with van der Waals surface area (Å²) in [4.78, 5) is 18.6. The summed E-state index contributed by atoms with van der Waals surface area (Å²) in [7, 11) is 0. The van der Waals surface area contributed by atoms with Crippen LogP contribution in [0.1, 0.15) is 23.6 Å². The van der Waals surface area contributed by atoms with Gasteiger partial charge in [-0.15, -0.1) is 0 Å². The summed E-state index contributed by atoms with van der Waals surface area (Å²) in [6.45, 7) is 1.24. The van der Waals surface area contributed by atoms with Gasteiger partial charge in [-0.1, -0.05) is 42.5 Å². The number of hydrogen-bond donors (Lipinski definition) is 2. The Bertz CT molecular complexity index is 980. The minimum Gasteiger partial charge on any atom is -0.508 e. The molecule has 1 aliphatic heterocycles. The average Bonchev–Trinajstić information content (AvgIpc) is 3.32. The summed E-state index contributed by atoms with van der Waals surface area (Å²) in [6, 6.07) is 15.9. The molecule has 1 amide bonds. The summed E-state index contributed by atoms with van der Waals surface area (Å²) in [5.74, 6) is -0.466. The highest BCUT2D eigenvalue weighted by Gasteiger charge is 2.40. The molecule has 2 N–H and O–H groups in total. The van der Waals surface area contributed by atoms with Gasteiger partial charge in [0.1, 0.15) is 5.75 Å². The first-order chi connectivity index (χ1) is 13.6. The molecule has 0 spiro atoms. The maximum absolute atomic E-state index is 12.9. The second-order valence-electron chi connectivity index (χ2n) is 6.77. The molecule has 3 aromatic rings. The van der Waals surface area contributed by atoms with Crippen molar-refractivity contribution in [1.29, 1.82) is 0 Å². The van der Waals surface area contributed by atoms with E-state index in [-0.39, 0.29) is 23.5 Å². The highest BCUT2D eigenvalue weighted by molar-refractivity contribution is 6.05. The third-order valence-electron chi connectivity index (χ3n) is 4.97. The van der Waals surface area contributed by atoms with E-state index in [9.17, 15) is 15.0 Å². The molecule has 1 unspecified atom stereocenters. The monoisotopic (exact) mass is 375 g/mol. The zero-order valence-corrected chi connectivity index (χ0v) is 15.3. The van der Waals surface area contributed by atoms with Gasteiger partial charge >= 0.3 is 0 Å². The zero-order valence-electron chi connectivity index (χ0n) is 15.3. The number of carbonyl (C=O) groups is 1. The fraction of sp³-hybridized carbons (Fsp3) is 0.182. The first kappa shape index (κ1) is 17.9. The van der Waals surface area contributed by atoms with E-state index >= 15 is 0 Å².